The number of benzene rings is 1. The van der Waals surface area contributed by atoms with Crippen molar-refractivity contribution in [2.75, 3.05) is 26.2 Å². The number of nitrogens with zero attached hydrogens (tertiary/aromatic N) is 3. The first-order valence-corrected chi connectivity index (χ1v) is 9.88. The second-order valence-electron chi connectivity index (χ2n) is 7.32. The third kappa shape index (κ3) is 3.76. The van der Waals surface area contributed by atoms with Crippen LogP contribution in [0.15, 0.2) is 28.8 Å². The van der Waals surface area contributed by atoms with Crippen LogP contribution in [0.3, 0.4) is 0 Å². The molecule has 2 aliphatic heterocycles. The molecule has 0 radical (unpaired) electrons. The highest BCUT2D eigenvalue weighted by Gasteiger charge is 2.35. The number of carbonyl (C=O) groups excluding carboxylic acids is 1. The standard InChI is InChI=1S/C20H27N3O3/c24-20(26-23-14-8-3-9-15-23)19(22-12-6-1-2-7-13-22)18-16-10-4-5-11-17(16)25-21-18/h4-5,10-11,19H,1-3,6-9,12-15H2. The Morgan fingerprint density at radius 3 is 2.38 bits per heavy atom. The fraction of sp³-hybridized carbons (Fsp3) is 0.600. The molecule has 2 aromatic rings. The molecule has 6 heteroatoms. The van der Waals surface area contributed by atoms with Gasteiger partial charge >= 0.3 is 5.97 Å². The molecule has 0 spiro atoms. The number of piperidine rings is 1. The van der Waals surface area contributed by atoms with Crippen molar-refractivity contribution in [2.45, 2.75) is 51.0 Å². The third-order valence-electron chi connectivity index (χ3n) is 5.43. The Morgan fingerprint density at radius 2 is 1.62 bits per heavy atom. The van der Waals surface area contributed by atoms with E-state index in [1.807, 2.05) is 29.3 Å². The van der Waals surface area contributed by atoms with Gasteiger partial charge in [0.25, 0.3) is 0 Å². The zero-order valence-corrected chi connectivity index (χ0v) is 15.2. The SMILES string of the molecule is O=C(ON1CCCCC1)C(c1noc2ccccc12)N1CCCCCC1. The van der Waals surface area contributed by atoms with Crippen LogP contribution in [0.4, 0.5) is 0 Å². The molecule has 26 heavy (non-hydrogen) atoms. The first-order valence-electron chi connectivity index (χ1n) is 9.88. The molecule has 2 fully saturated rings. The van der Waals surface area contributed by atoms with Crippen LogP contribution >= 0.6 is 0 Å². The van der Waals surface area contributed by atoms with E-state index in [2.05, 4.69) is 10.1 Å². The summed E-state index contributed by atoms with van der Waals surface area (Å²) >= 11 is 0. The van der Waals surface area contributed by atoms with Crippen molar-refractivity contribution < 1.29 is 14.2 Å². The van der Waals surface area contributed by atoms with Gasteiger partial charge in [0.1, 0.15) is 5.69 Å². The van der Waals surface area contributed by atoms with Crippen LogP contribution in [0.25, 0.3) is 11.0 Å². The highest BCUT2D eigenvalue weighted by atomic mass is 16.7. The highest BCUT2D eigenvalue weighted by Crippen LogP contribution is 2.31. The van der Waals surface area contributed by atoms with Gasteiger partial charge in [-0.2, -0.15) is 0 Å². The molecule has 0 N–H and O–H groups in total. The summed E-state index contributed by atoms with van der Waals surface area (Å²) in [5.41, 5.74) is 1.40. The van der Waals surface area contributed by atoms with E-state index in [1.165, 1.54) is 19.3 Å². The van der Waals surface area contributed by atoms with Crippen molar-refractivity contribution in [1.29, 1.82) is 0 Å². The van der Waals surface area contributed by atoms with E-state index in [0.29, 0.717) is 11.3 Å². The number of fused-ring (bicyclic) bond motifs is 1. The van der Waals surface area contributed by atoms with E-state index in [1.54, 1.807) is 0 Å². The number of hydrogen-bond acceptors (Lipinski definition) is 6. The second kappa shape index (κ2) is 8.18. The zero-order chi connectivity index (χ0) is 17.8. The molecular formula is C20H27N3O3. The monoisotopic (exact) mass is 357 g/mol. The van der Waals surface area contributed by atoms with Crippen LogP contribution in [-0.4, -0.2) is 47.3 Å². The van der Waals surface area contributed by atoms with Gasteiger partial charge < -0.3 is 9.36 Å². The van der Waals surface area contributed by atoms with Gasteiger partial charge in [-0.05, 0) is 50.9 Å². The van der Waals surface area contributed by atoms with Crippen LogP contribution in [0.5, 0.6) is 0 Å². The van der Waals surface area contributed by atoms with Crippen molar-refractivity contribution in [3.05, 3.63) is 30.0 Å². The lowest BCUT2D eigenvalue weighted by molar-refractivity contribution is -0.201. The maximum Gasteiger partial charge on any atom is 0.348 e. The van der Waals surface area contributed by atoms with E-state index in [9.17, 15) is 4.79 Å². The lowest BCUT2D eigenvalue weighted by Gasteiger charge is -2.31. The van der Waals surface area contributed by atoms with Crippen LogP contribution < -0.4 is 0 Å². The predicted molar refractivity (Wildman–Crippen MR) is 98.3 cm³/mol. The number of rotatable bonds is 4. The van der Waals surface area contributed by atoms with E-state index < -0.39 is 6.04 Å². The van der Waals surface area contributed by atoms with Gasteiger partial charge in [0, 0.05) is 18.5 Å². The maximum absolute atomic E-state index is 13.2. The molecule has 1 atom stereocenters. The van der Waals surface area contributed by atoms with Gasteiger partial charge in [0.2, 0.25) is 0 Å². The summed E-state index contributed by atoms with van der Waals surface area (Å²) < 4.78 is 5.49. The quantitative estimate of drug-likeness (QED) is 0.832. The van der Waals surface area contributed by atoms with E-state index in [-0.39, 0.29) is 5.97 Å². The Hall–Kier alpha value is -1.92. The Balaban J connectivity index is 1.63. The van der Waals surface area contributed by atoms with Crippen LogP contribution in [-0.2, 0) is 9.63 Å². The molecule has 1 aromatic heterocycles. The average molecular weight is 357 g/mol. The van der Waals surface area contributed by atoms with Crippen molar-refractivity contribution in [2.24, 2.45) is 0 Å². The van der Waals surface area contributed by atoms with Crippen molar-refractivity contribution in [3.63, 3.8) is 0 Å². The van der Waals surface area contributed by atoms with Gasteiger partial charge in [-0.1, -0.05) is 36.6 Å². The minimum atomic E-state index is -0.501. The van der Waals surface area contributed by atoms with Crippen molar-refractivity contribution in [1.82, 2.24) is 15.1 Å². The van der Waals surface area contributed by atoms with Gasteiger partial charge in [-0.3, -0.25) is 4.90 Å². The third-order valence-corrected chi connectivity index (χ3v) is 5.43. The Morgan fingerprint density at radius 1 is 0.962 bits per heavy atom. The second-order valence-corrected chi connectivity index (χ2v) is 7.32. The zero-order valence-electron chi connectivity index (χ0n) is 15.2. The summed E-state index contributed by atoms with van der Waals surface area (Å²) in [6.45, 7) is 3.41. The summed E-state index contributed by atoms with van der Waals surface area (Å²) in [4.78, 5) is 21.2. The summed E-state index contributed by atoms with van der Waals surface area (Å²) in [6, 6.07) is 7.24. The van der Waals surface area contributed by atoms with Crippen molar-refractivity contribution in [3.8, 4) is 0 Å². The minimum absolute atomic E-state index is 0.229. The fourth-order valence-corrected chi connectivity index (χ4v) is 4.02. The van der Waals surface area contributed by atoms with E-state index in [4.69, 9.17) is 9.36 Å². The predicted octanol–water partition coefficient (Wildman–Crippen LogP) is 3.69. The number of aromatic nitrogens is 1. The van der Waals surface area contributed by atoms with Crippen molar-refractivity contribution >= 4 is 16.9 Å². The summed E-state index contributed by atoms with van der Waals surface area (Å²) in [6.07, 6.45) is 7.99. The molecule has 3 heterocycles. The normalized spacial score (nSPS) is 21.4. The lowest BCUT2D eigenvalue weighted by atomic mass is 10.1. The summed E-state index contributed by atoms with van der Waals surface area (Å²) in [5.74, 6) is -0.229. The Bertz CT molecular complexity index is 731. The van der Waals surface area contributed by atoms with Crippen LogP contribution in [0.1, 0.15) is 56.7 Å². The Kier molecular flexibility index (Phi) is 5.51. The van der Waals surface area contributed by atoms with Gasteiger partial charge in [-0.25, -0.2) is 4.79 Å². The summed E-state index contributed by atoms with van der Waals surface area (Å²) in [5, 5.41) is 7.00. The van der Waals surface area contributed by atoms with Crippen LogP contribution in [0, 0.1) is 0 Å². The average Bonchev–Trinajstić information content (AvgIpc) is 2.90. The smallest absolute Gasteiger partial charge is 0.348 e. The molecule has 0 amide bonds. The first-order chi connectivity index (χ1) is 12.8. The number of para-hydroxylation sites is 1. The number of hydrogen-bond donors (Lipinski definition) is 0. The van der Waals surface area contributed by atoms with E-state index >= 15 is 0 Å². The summed E-state index contributed by atoms with van der Waals surface area (Å²) in [7, 11) is 0. The molecule has 1 aromatic carbocycles. The van der Waals surface area contributed by atoms with Gasteiger partial charge in [0.05, 0.1) is 0 Å². The largest absolute Gasteiger partial charge is 0.366 e. The van der Waals surface area contributed by atoms with E-state index in [0.717, 1.165) is 57.2 Å². The number of carbonyl (C=O) groups is 1. The molecule has 2 aliphatic rings. The van der Waals surface area contributed by atoms with Gasteiger partial charge in [-0.15, -0.1) is 5.06 Å². The molecule has 6 nitrogen and oxygen atoms in total. The highest BCUT2D eigenvalue weighted by molar-refractivity contribution is 5.86. The first kappa shape index (κ1) is 17.5. The molecular weight excluding hydrogens is 330 g/mol. The number of likely N-dealkylation sites (tertiary alicyclic amines) is 1. The van der Waals surface area contributed by atoms with Crippen LogP contribution in [0.2, 0.25) is 0 Å². The topological polar surface area (TPSA) is 58.8 Å². The number of hydroxylamine groups is 2. The molecule has 4 rings (SSSR count). The Labute approximate surface area is 154 Å². The molecule has 0 aliphatic carbocycles. The fourth-order valence-electron chi connectivity index (χ4n) is 4.02. The molecule has 0 bridgehead atoms. The lowest BCUT2D eigenvalue weighted by Crippen LogP contribution is -2.40. The maximum atomic E-state index is 13.2. The molecule has 140 valence electrons. The van der Waals surface area contributed by atoms with Gasteiger partial charge in [0.15, 0.2) is 11.6 Å². The molecule has 2 saturated heterocycles. The molecule has 0 saturated carbocycles. The molecule has 1 unspecified atom stereocenters. The minimum Gasteiger partial charge on any atom is -0.366 e.